The van der Waals surface area contributed by atoms with E-state index in [0.717, 1.165) is 50.5 Å². The molecule has 0 aliphatic heterocycles. The van der Waals surface area contributed by atoms with Gasteiger partial charge >= 0.3 is 5.97 Å². The van der Waals surface area contributed by atoms with Crippen LogP contribution in [0.25, 0.3) is 0 Å². The van der Waals surface area contributed by atoms with Crippen LogP contribution in [-0.2, 0) is 19.1 Å². The largest absolute Gasteiger partial charge is 0.469 e. The van der Waals surface area contributed by atoms with Crippen molar-refractivity contribution in [2.24, 2.45) is 50.2 Å². The van der Waals surface area contributed by atoms with Gasteiger partial charge in [0.2, 0.25) is 0 Å². The minimum absolute atomic E-state index is 0.0440. The lowest BCUT2D eigenvalue weighted by Gasteiger charge is -2.69. The van der Waals surface area contributed by atoms with Gasteiger partial charge in [0.1, 0.15) is 6.07 Å². The lowest BCUT2D eigenvalue weighted by Crippen LogP contribution is -2.65. The van der Waals surface area contributed by atoms with E-state index in [4.69, 9.17) is 4.74 Å². The highest BCUT2D eigenvalue weighted by atomic mass is 16.5. The third-order valence-corrected chi connectivity index (χ3v) is 12.8. The molecule has 0 aromatic carbocycles. The number of nitrogens with zero attached hydrogens (tertiary/aromatic N) is 1. The van der Waals surface area contributed by atoms with Crippen molar-refractivity contribution < 1.29 is 19.1 Å². The second-order valence-electron chi connectivity index (χ2n) is 15.4. The van der Waals surface area contributed by atoms with Gasteiger partial charge in [-0.25, -0.2) is 0 Å². The first kappa shape index (κ1) is 27.4. The Kier molecular flexibility index (Phi) is 5.87. The predicted octanol–water partition coefficient (Wildman–Crippen LogP) is 6.77. The van der Waals surface area contributed by atoms with E-state index in [2.05, 4.69) is 40.7 Å². The third-order valence-electron chi connectivity index (χ3n) is 12.8. The number of allylic oxidation sites excluding steroid dienone is 4. The molecule has 3 fully saturated rings. The summed E-state index contributed by atoms with van der Waals surface area (Å²) in [7, 11) is 1.47. The Morgan fingerprint density at radius 2 is 1.68 bits per heavy atom. The van der Waals surface area contributed by atoms with Gasteiger partial charge < -0.3 is 4.74 Å². The van der Waals surface area contributed by atoms with Gasteiger partial charge in [-0.1, -0.05) is 60.1 Å². The fraction of sp³-hybridized carbons (Fsp3) is 0.758. The quantitative estimate of drug-likeness (QED) is 0.376. The van der Waals surface area contributed by atoms with E-state index >= 15 is 0 Å². The summed E-state index contributed by atoms with van der Waals surface area (Å²) >= 11 is 0. The fourth-order valence-corrected chi connectivity index (χ4v) is 10.4. The van der Waals surface area contributed by atoms with Gasteiger partial charge in [-0.2, -0.15) is 5.26 Å². The van der Waals surface area contributed by atoms with Crippen LogP contribution in [0, 0.1) is 61.6 Å². The average molecular weight is 520 g/mol. The molecule has 206 valence electrons. The van der Waals surface area contributed by atoms with Crippen LogP contribution in [0.1, 0.15) is 99.8 Å². The second kappa shape index (κ2) is 8.15. The molecule has 5 heteroatoms. The van der Waals surface area contributed by atoms with Crippen molar-refractivity contribution >= 4 is 17.5 Å². The molecule has 0 spiro atoms. The SMILES string of the molecule is COC(=O)C[C@]12CCC(C)(C)C[C@H]1[C@H]1C(=O)C=C3[C@@]4(C)C=C(C#N)C(=O)C(C)(C)[C@@H]4CC[C@@]3(C)[C@]1(C)CC2. The highest BCUT2D eigenvalue weighted by Gasteiger charge is 2.69. The van der Waals surface area contributed by atoms with Gasteiger partial charge in [0.05, 0.1) is 19.1 Å². The van der Waals surface area contributed by atoms with Crippen molar-refractivity contribution in [3.63, 3.8) is 0 Å². The molecule has 0 aromatic heterocycles. The summed E-state index contributed by atoms with van der Waals surface area (Å²) in [6.07, 6.45) is 10.8. The number of hydrogen-bond donors (Lipinski definition) is 0. The summed E-state index contributed by atoms with van der Waals surface area (Å²) in [5.41, 5.74) is -0.399. The number of carbonyl (C=O) groups excluding carboxylic acids is 3. The normalized spacial score (nSPS) is 44.8. The molecular weight excluding hydrogens is 474 g/mol. The summed E-state index contributed by atoms with van der Waals surface area (Å²) in [5, 5.41) is 9.88. The number of carbonyl (C=O) groups is 3. The van der Waals surface area contributed by atoms with E-state index in [-0.39, 0.29) is 62.5 Å². The molecule has 7 atom stereocenters. The van der Waals surface area contributed by atoms with Crippen LogP contribution in [0.3, 0.4) is 0 Å². The van der Waals surface area contributed by atoms with Gasteiger partial charge in [-0.15, -0.1) is 0 Å². The Morgan fingerprint density at radius 3 is 2.32 bits per heavy atom. The first-order valence-corrected chi connectivity index (χ1v) is 14.5. The third kappa shape index (κ3) is 3.37. The maximum Gasteiger partial charge on any atom is 0.306 e. The Balaban J connectivity index is 1.68. The van der Waals surface area contributed by atoms with E-state index < -0.39 is 10.8 Å². The lowest BCUT2D eigenvalue weighted by molar-refractivity contribution is -0.178. The highest BCUT2D eigenvalue weighted by Crippen LogP contribution is 2.74. The summed E-state index contributed by atoms with van der Waals surface area (Å²) in [6.45, 7) is 15.4. The minimum atomic E-state index is -0.660. The molecule has 0 bridgehead atoms. The summed E-state index contributed by atoms with van der Waals surface area (Å²) < 4.78 is 5.17. The topological polar surface area (TPSA) is 84.2 Å². The number of esters is 1. The van der Waals surface area contributed by atoms with Crippen molar-refractivity contribution in [1.82, 2.24) is 0 Å². The summed E-state index contributed by atoms with van der Waals surface area (Å²) in [4.78, 5) is 40.3. The van der Waals surface area contributed by atoms with Crippen LogP contribution in [0.2, 0.25) is 0 Å². The number of ketones is 2. The molecule has 5 rings (SSSR count). The lowest BCUT2D eigenvalue weighted by atomic mass is 9.34. The molecular formula is C33H45NO4. The first-order valence-electron chi connectivity index (χ1n) is 14.5. The Bertz CT molecular complexity index is 1220. The Hall–Kier alpha value is -2.22. The fourth-order valence-electron chi connectivity index (χ4n) is 10.4. The van der Waals surface area contributed by atoms with Crippen LogP contribution in [0.15, 0.2) is 23.3 Å². The standard InChI is InChI=1S/C33H45NO4/c1-28(2)11-13-33(18-25(36)38-8)14-12-32(7)26(21(33)17-28)22(35)15-24-30(5)16-20(19-34)27(37)29(3,4)23(30)9-10-31(24,32)6/h15-16,21,23,26H,9-14,17-18H2,1-8H3/t21-,23-,26-,30-,31+,32+,33+/m0/s1. The van der Waals surface area contributed by atoms with E-state index in [1.54, 1.807) is 0 Å². The van der Waals surface area contributed by atoms with Gasteiger partial charge in [-0.3, -0.25) is 14.4 Å². The van der Waals surface area contributed by atoms with Crippen molar-refractivity contribution in [3.8, 4) is 6.07 Å². The maximum atomic E-state index is 14.4. The molecule has 0 amide bonds. The number of Topliss-reactive ketones (excluding diaryl/α,β-unsaturated/α-hetero) is 1. The monoisotopic (exact) mass is 519 g/mol. The molecule has 5 aliphatic carbocycles. The molecule has 5 aliphatic rings. The molecule has 38 heavy (non-hydrogen) atoms. The maximum absolute atomic E-state index is 14.4. The zero-order valence-corrected chi connectivity index (χ0v) is 24.6. The number of fused-ring (bicyclic) bond motifs is 7. The number of ether oxygens (including phenoxy) is 1. The highest BCUT2D eigenvalue weighted by molar-refractivity contribution is 6.04. The number of methoxy groups -OCH3 is 1. The zero-order valence-electron chi connectivity index (χ0n) is 24.6. The predicted molar refractivity (Wildman–Crippen MR) is 146 cm³/mol. The summed E-state index contributed by atoms with van der Waals surface area (Å²) in [6, 6.07) is 2.18. The minimum Gasteiger partial charge on any atom is -0.469 e. The van der Waals surface area contributed by atoms with E-state index in [1.165, 1.54) is 7.11 Å². The van der Waals surface area contributed by atoms with Gasteiger partial charge in [-0.05, 0) is 84.5 Å². The van der Waals surface area contributed by atoms with Crippen molar-refractivity contribution in [1.29, 1.82) is 5.26 Å². The molecule has 0 N–H and O–H groups in total. The van der Waals surface area contributed by atoms with Crippen molar-refractivity contribution in [3.05, 3.63) is 23.3 Å². The van der Waals surface area contributed by atoms with Gasteiger partial charge in [0.15, 0.2) is 11.6 Å². The number of rotatable bonds is 2. The zero-order chi connectivity index (χ0) is 28.1. The first-order chi connectivity index (χ1) is 17.5. The second-order valence-corrected chi connectivity index (χ2v) is 15.4. The number of hydrogen-bond acceptors (Lipinski definition) is 5. The summed E-state index contributed by atoms with van der Waals surface area (Å²) in [5.74, 6) is -0.0334. The van der Waals surface area contributed by atoms with Gasteiger partial charge in [0, 0.05) is 16.7 Å². The molecule has 3 saturated carbocycles. The van der Waals surface area contributed by atoms with Crippen LogP contribution in [-0.4, -0.2) is 24.6 Å². The average Bonchev–Trinajstić information content (AvgIpc) is 2.83. The molecule has 5 nitrogen and oxygen atoms in total. The van der Waals surface area contributed by atoms with Crippen molar-refractivity contribution in [2.45, 2.75) is 99.8 Å². The van der Waals surface area contributed by atoms with Crippen LogP contribution in [0.5, 0.6) is 0 Å². The smallest absolute Gasteiger partial charge is 0.306 e. The van der Waals surface area contributed by atoms with E-state index in [9.17, 15) is 19.6 Å². The van der Waals surface area contributed by atoms with E-state index in [1.807, 2.05) is 26.0 Å². The van der Waals surface area contributed by atoms with Gasteiger partial charge in [0.25, 0.3) is 0 Å². The molecule has 0 aromatic rings. The Labute approximate surface area is 228 Å². The Morgan fingerprint density at radius 1 is 1.03 bits per heavy atom. The van der Waals surface area contributed by atoms with Crippen LogP contribution in [0.4, 0.5) is 0 Å². The molecule has 0 unspecified atom stereocenters. The molecule has 0 heterocycles. The van der Waals surface area contributed by atoms with Crippen LogP contribution < -0.4 is 0 Å². The molecule has 0 radical (unpaired) electrons. The van der Waals surface area contributed by atoms with E-state index in [0.29, 0.717) is 6.42 Å². The van der Waals surface area contributed by atoms with Crippen LogP contribution >= 0.6 is 0 Å². The number of nitriles is 1. The molecule has 0 saturated heterocycles. The van der Waals surface area contributed by atoms with Crippen molar-refractivity contribution in [2.75, 3.05) is 7.11 Å².